The van der Waals surface area contributed by atoms with Gasteiger partial charge in [-0.1, -0.05) is 13.3 Å². The van der Waals surface area contributed by atoms with Crippen LogP contribution in [0.3, 0.4) is 0 Å². The van der Waals surface area contributed by atoms with Gasteiger partial charge in [-0.05, 0) is 13.3 Å². The van der Waals surface area contributed by atoms with Crippen molar-refractivity contribution in [1.82, 2.24) is 19.7 Å². The Labute approximate surface area is 132 Å². The highest BCUT2D eigenvalue weighted by molar-refractivity contribution is 5.86. The van der Waals surface area contributed by atoms with Crippen molar-refractivity contribution in [3.05, 3.63) is 11.6 Å². The number of aromatic nitrogens is 3. The van der Waals surface area contributed by atoms with E-state index in [0.29, 0.717) is 6.42 Å². The third-order valence-corrected chi connectivity index (χ3v) is 3.55. The van der Waals surface area contributed by atoms with Gasteiger partial charge in [0.25, 0.3) is 0 Å². The Morgan fingerprint density at radius 2 is 1.95 bits per heavy atom. The summed E-state index contributed by atoms with van der Waals surface area (Å²) in [4.78, 5) is 13.8. The van der Waals surface area contributed by atoms with E-state index >= 15 is 0 Å². The van der Waals surface area contributed by atoms with Crippen LogP contribution in [0.4, 0.5) is 13.2 Å². The molecule has 6 nitrogen and oxygen atoms in total. The van der Waals surface area contributed by atoms with E-state index in [1.165, 1.54) is 4.90 Å². The summed E-state index contributed by atoms with van der Waals surface area (Å²) in [6.45, 7) is 3.74. The fourth-order valence-electron chi connectivity index (χ4n) is 2.53. The van der Waals surface area contributed by atoms with Gasteiger partial charge in [-0.2, -0.15) is 13.2 Å². The molecule has 0 saturated carbocycles. The molecule has 1 aliphatic heterocycles. The van der Waals surface area contributed by atoms with Crippen LogP contribution in [-0.4, -0.2) is 37.7 Å². The lowest BCUT2D eigenvalue weighted by Crippen LogP contribution is -2.54. The maximum atomic E-state index is 12.7. The van der Waals surface area contributed by atoms with Crippen molar-refractivity contribution >= 4 is 18.3 Å². The van der Waals surface area contributed by atoms with Gasteiger partial charge in [0.15, 0.2) is 5.82 Å². The minimum absolute atomic E-state index is 0. The quantitative estimate of drug-likeness (QED) is 0.905. The van der Waals surface area contributed by atoms with E-state index in [1.807, 2.05) is 6.92 Å². The number of fused-ring (bicyclic) bond motifs is 1. The SMILES string of the molecule is CCCC(C)(N)C(=O)N1CCn2c(nnc2C(F)(F)F)C1.Cl. The van der Waals surface area contributed by atoms with Crippen LogP contribution in [0, 0.1) is 0 Å². The van der Waals surface area contributed by atoms with Crippen LogP contribution in [0.1, 0.15) is 38.3 Å². The Morgan fingerprint density at radius 1 is 1.32 bits per heavy atom. The molecule has 10 heteroatoms. The molecule has 1 amide bonds. The van der Waals surface area contributed by atoms with Crippen molar-refractivity contribution in [3.63, 3.8) is 0 Å². The highest BCUT2D eigenvalue weighted by atomic mass is 35.5. The normalized spacial score (nSPS) is 17.5. The Kier molecular flexibility index (Phi) is 5.45. The number of halogens is 4. The van der Waals surface area contributed by atoms with E-state index in [4.69, 9.17) is 5.73 Å². The molecule has 2 heterocycles. The largest absolute Gasteiger partial charge is 0.451 e. The Morgan fingerprint density at radius 3 is 2.50 bits per heavy atom. The molecule has 1 aliphatic rings. The van der Waals surface area contributed by atoms with Crippen LogP contribution in [-0.2, 0) is 24.1 Å². The second-order valence-corrected chi connectivity index (χ2v) is 5.48. The van der Waals surface area contributed by atoms with E-state index < -0.39 is 17.5 Å². The van der Waals surface area contributed by atoms with Crippen molar-refractivity contribution < 1.29 is 18.0 Å². The number of hydrogen-bond acceptors (Lipinski definition) is 4. The van der Waals surface area contributed by atoms with Gasteiger partial charge < -0.3 is 15.2 Å². The summed E-state index contributed by atoms with van der Waals surface area (Å²) >= 11 is 0. The smallest absolute Gasteiger partial charge is 0.332 e. The van der Waals surface area contributed by atoms with Crippen molar-refractivity contribution in [3.8, 4) is 0 Å². The van der Waals surface area contributed by atoms with Crippen LogP contribution < -0.4 is 5.73 Å². The minimum atomic E-state index is -4.54. The van der Waals surface area contributed by atoms with Gasteiger partial charge in [-0.25, -0.2) is 0 Å². The zero-order valence-electron chi connectivity index (χ0n) is 12.4. The fraction of sp³-hybridized carbons (Fsp3) is 0.750. The maximum absolute atomic E-state index is 12.7. The second kappa shape index (κ2) is 6.41. The molecule has 1 atom stereocenters. The summed E-state index contributed by atoms with van der Waals surface area (Å²) in [7, 11) is 0. The molecule has 126 valence electrons. The molecule has 0 saturated heterocycles. The van der Waals surface area contributed by atoms with Crippen LogP contribution in [0.15, 0.2) is 0 Å². The third-order valence-electron chi connectivity index (χ3n) is 3.55. The molecule has 0 fully saturated rings. The lowest BCUT2D eigenvalue weighted by atomic mass is 9.95. The van der Waals surface area contributed by atoms with Gasteiger partial charge in [0.2, 0.25) is 11.7 Å². The first kappa shape index (κ1) is 18.7. The standard InChI is InChI=1S/C12H18F3N5O.ClH/c1-3-4-11(2,16)10(21)19-5-6-20-8(7-19)17-18-9(20)12(13,14)15;/h3-7,16H2,1-2H3;1H. The van der Waals surface area contributed by atoms with E-state index in [9.17, 15) is 18.0 Å². The number of alkyl halides is 3. The number of rotatable bonds is 3. The zero-order chi connectivity index (χ0) is 15.8. The fourth-order valence-corrected chi connectivity index (χ4v) is 2.53. The van der Waals surface area contributed by atoms with Crippen LogP contribution in [0.25, 0.3) is 0 Å². The predicted octanol–water partition coefficient (Wildman–Crippen LogP) is 1.58. The Hall–Kier alpha value is -1.35. The van der Waals surface area contributed by atoms with Gasteiger partial charge >= 0.3 is 6.18 Å². The topological polar surface area (TPSA) is 77.0 Å². The van der Waals surface area contributed by atoms with Crippen LogP contribution >= 0.6 is 12.4 Å². The maximum Gasteiger partial charge on any atom is 0.451 e. The minimum Gasteiger partial charge on any atom is -0.332 e. The highest BCUT2D eigenvalue weighted by Gasteiger charge is 2.41. The summed E-state index contributed by atoms with van der Waals surface area (Å²) in [5.41, 5.74) is 4.97. The van der Waals surface area contributed by atoms with E-state index in [0.717, 1.165) is 11.0 Å². The van der Waals surface area contributed by atoms with E-state index in [-0.39, 0.29) is 43.8 Å². The van der Waals surface area contributed by atoms with Gasteiger partial charge in [-0.15, -0.1) is 22.6 Å². The van der Waals surface area contributed by atoms with Crippen LogP contribution in [0.2, 0.25) is 0 Å². The lowest BCUT2D eigenvalue weighted by Gasteiger charge is -2.34. The first-order chi connectivity index (χ1) is 9.66. The zero-order valence-corrected chi connectivity index (χ0v) is 13.2. The van der Waals surface area contributed by atoms with Crippen molar-refractivity contribution in [2.45, 2.75) is 51.5 Å². The molecule has 0 radical (unpaired) electrons. The molecule has 2 rings (SSSR count). The predicted molar refractivity (Wildman–Crippen MR) is 75.2 cm³/mol. The number of nitrogens with two attached hydrogens (primary N) is 1. The molecule has 0 aliphatic carbocycles. The Balaban J connectivity index is 0.00000242. The molecule has 1 unspecified atom stereocenters. The summed E-state index contributed by atoms with van der Waals surface area (Å²) in [5.74, 6) is -1.16. The first-order valence-corrected chi connectivity index (χ1v) is 6.74. The number of carbonyl (C=O) groups excluding carboxylic acids is 1. The molecule has 1 aromatic rings. The molecule has 0 spiro atoms. The van der Waals surface area contributed by atoms with Crippen molar-refractivity contribution in [2.75, 3.05) is 6.54 Å². The van der Waals surface area contributed by atoms with E-state index in [2.05, 4.69) is 10.2 Å². The molecule has 0 bridgehead atoms. The molecular weight excluding hydrogens is 323 g/mol. The highest BCUT2D eigenvalue weighted by Crippen LogP contribution is 2.29. The number of hydrogen-bond donors (Lipinski definition) is 1. The first-order valence-electron chi connectivity index (χ1n) is 6.74. The lowest BCUT2D eigenvalue weighted by molar-refractivity contribution is -0.148. The summed E-state index contributed by atoms with van der Waals surface area (Å²) in [6, 6.07) is 0. The van der Waals surface area contributed by atoms with Crippen molar-refractivity contribution in [1.29, 1.82) is 0 Å². The molecule has 2 N–H and O–H groups in total. The molecule has 0 aromatic carbocycles. The number of carbonyl (C=O) groups is 1. The monoisotopic (exact) mass is 341 g/mol. The summed E-state index contributed by atoms with van der Waals surface area (Å²) < 4.78 is 39.2. The summed E-state index contributed by atoms with van der Waals surface area (Å²) in [5, 5.41) is 6.72. The van der Waals surface area contributed by atoms with Gasteiger partial charge in [-0.3, -0.25) is 4.79 Å². The number of amides is 1. The summed E-state index contributed by atoms with van der Waals surface area (Å²) in [6.07, 6.45) is -3.27. The average Bonchev–Trinajstić information content (AvgIpc) is 2.80. The van der Waals surface area contributed by atoms with Gasteiger partial charge in [0, 0.05) is 13.1 Å². The van der Waals surface area contributed by atoms with E-state index in [1.54, 1.807) is 6.92 Å². The van der Waals surface area contributed by atoms with Crippen LogP contribution in [0.5, 0.6) is 0 Å². The third kappa shape index (κ3) is 3.52. The Bertz CT molecular complexity index is 543. The molecule has 22 heavy (non-hydrogen) atoms. The average molecular weight is 342 g/mol. The molecular formula is C12H19ClF3N5O. The number of nitrogens with zero attached hydrogens (tertiary/aromatic N) is 4. The van der Waals surface area contributed by atoms with Crippen molar-refractivity contribution in [2.24, 2.45) is 5.73 Å². The van der Waals surface area contributed by atoms with Gasteiger partial charge in [0.1, 0.15) is 0 Å². The second-order valence-electron chi connectivity index (χ2n) is 5.48. The molecule has 1 aromatic heterocycles. The van der Waals surface area contributed by atoms with Gasteiger partial charge in [0.05, 0.1) is 12.1 Å².